The zero-order valence-electron chi connectivity index (χ0n) is 17.3. The number of carbonyl (C=O) groups excluding carboxylic acids is 1. The number of piperidine rings is 1. The number of pyridine rings is 2. The average Bonchev–Trinajstić information content (AvgIpc) is 2.84. The Kier molecular flexibility index (Phi) is 5.41. The van der Waals surface area contributed by atoms with Crippen LogP contribution in [0, 0.1) is 5.82 Å². The maximum Gasteiger partial charge on any atom is 0.253 e. The molecular weight excluding hydrogens is 407 g/mol. The Hall–Kier alpha value is -3.94. The Morgan fingerprint density at radius 1 is 1.00 bits per heavy atom. The number of halogens is 1. The van der Waals surface area contributed by atoms with Crippen molar-refractivity contribution in [3.8, 4) is 11.3 Å². The number of aromatic nitrogens is 4. The third kappa shape index (κ3) is 4.12. The molecule has 0 radical (unpaired) electrons. The molecule has 160 valence electrons. The summed E-state index contributed by atoms with van der Waals surface area (Å²) in [4.78, 5) is 32.2. The van der Waals surface area contributed by atoms with E-state index in [1.165, 1.54) is 18.3 Å². The van der Waals surface area contributed by atoms with Crippen LogP contribution in [-0.2, 0) is 0 Å². The Bertz CT molecular complexity index is 1250. The molecule has 1 N–H and O–H groups in total. The fourth-order valence-corrected chi connectivity index (χ4v) is 3.99. The summed E-state index contributed by atoms with van der Waals surface area (Å²) in [5.74, 6) is 0.409. The van der Waals surface area contributed by atoms with Crippen molar-refractivity contribution in [1.29, 1.82) is 0 Å². The highest BCUT2D eigenvalue weighted by Gasteiger charge is 2.23. The lowest BCUT2D eigenvalue weighted by Gasteiger charge is -2.33. The number of fused-ring (bicyclic) bond motifs is 1. The van der Waals surface area contributed by atoms with Gasteiger partial charge in [0.1, 0.15) is 18.0 Å². The van der Waals surface area contributed by atoms with E-state index in [0.29, 0.717) is 22.5 Å². The lowest BCUT2D eigenvalue weighted by Crippen LogP contribution is -2.45. The maximum absolute atomic E-state index is 13.4. The molecule has 32 heavy (non-hydrogen) atoms. The van der Waals surface area contributed by atoms with Crippen LogP contribution in [0.4, 0.5) is 10.2 Å². The maximum atomic E-state index is 13.4. The standard InChI is InChI=1S/C24H21FN6O/c25-18-4-1-3-16(13-18)21-7-6-17(14-27-21)24(32)30-19-8-11-31(12-9-19)23-20-5-2-10-26-22(20)28-15-29-23/h1-7,10,13-15,19H,8-9,11-12H2,(H,30,32). The third-order valence-electron chi connectivity index (χ3n) is 5.66. The lowest BCUT2D eigenvalue weighted by atomic mass is 10.0. The van der Waals surface area contributed by atoms with Gasteiger partial charge < -0.3 is 10.2 Å². The molecule has 0 unspecified atom stereocenters. The van der Waals surface area contributed by atoms with E-state index >= 15 is 0 Å². The molecule has 0 saturated carbocycles. The first-order valence-corrected chi connectivity index (χ1v) is 10.5. The molecule has 4 heterocycles. The van der Waals surface area contributed by atoms with Crippen LogP contribution in [0.5, 0.6) is 0 Å². The summed E-state index contributed by atoms with van der Waals surface area (Å²) >= 11 is 0. The van der Waals surface area contributed by atoms with Crippen molar-refractivity contribution >= 4 is 22.8 Å². The smallest absolute Gasteiger partial charge is 0.253 e. The molecule has 7 nitrogen and oxygen atoms in total. The first-order valence-electron chi connectivity index (χ1n) is 10.5. The van der Waals surface area contributed by atoms with Crippen molar-refractivity contribution in [2.45, 2.75) is 18.9 Å². The van der Waals surface area contributed by atoms with Crippen LogP contribution in [0.2, 0.25) is 0 Å². The van der Waals surface area contributed by atoms with Gasteiger partial charge in [0.2, 0.25) is 0 Å². The van der Waals surface area contributed by atoms with Crippen LogP contribution in [-0.4, -0.2) is 45.0 Å². The van der Waals surface area contributed by atoms with Crippen molar-refractivity contribution in [1.82, 2.24) is 25.3 Å². The topological polar surface area (TPSA) is 83.9 Å². The summed E-state index contributed by atoms with van der Waals surface area (Å²) in [6.45, 7) is 1.56. The predicted octanol–water partition coefficient (Wildman–Crippen LogP) is 3.62. The molecule has 1 aromatic carbocycles. The number of benzene rings is 1. The van der Waals surface area contributed by atoms with Gasteiger partial charge in [-0.25, -0.2) is 19.3 Å². The van der Waals surface area contributed by atoms with Crippen LogP contribution in [0.3, 0.4) is 0 Å². The number of nitrogens with one attached hydrogen (secondary N) is 1. The van der Waals surface area contributed by atoms with Crippen molar-refractivity contribution in [2.75, 3.05) is 18.0 Å². The van der Waals surface area contributed by atoms with E-state index in [-0.39, 0.29) is 17.8 Å². The van der Waals surface area contributed by atoms with Crippen LogP contribution in [0.25, 0.3) is 22.3 Å². The van der Waals surface area contributed by atoms with Crippen LogP contribution < -0.4 is 10.2 Å². The molecule has 1 fully saturated rings. The van der Waals surface area contributed by atoms with Crippen LogP contribution >= 0.6 is 0 Å². The molecular formula is C24H21FN6O. The Morgan fingerprint density at radius 3 is 2.66 bits per heavy atom. The number of hydrogen-bond acceptors (Lipinski definition) is 6. The second kappa shape index (κ2) is 8.66. The van der Waals surface area contributed by atoms with Gasteiger partial charge in [0.15, 0.2) is 5.65 Å². The quantitative estimate of drug-likeness (QED) is 0.535. The van der Waals surface area contributed by atoms with Gasteiger partial charge in [-0.05, 0) is 49.2 Å². The average molecular weight is 428 g/mol. The van der Waals surface area contributed by atoms with E-state index in [2.05, 4.69) is 30.2 Å². The summed E-state index contributed by atoms with van der Waals surface area (Å²) in [6, 6.07) is 13.6. The minimum absolute atomic E-state index is 0.0767. The van der Waals surface area contributed by atoms with Gasteiger partial charge in [-0.3, -0.25) is 9.78 Å². The normalized spacial score (nSPS) is 14.5. The highest BCUT2D eigenvalue weighted by molar-refractivity contribution is 5.94. The monoisotopic (exact) mass is 428 g/mol. The Labute approximate surface area is 184 Å². The largest absolute Gasteiger partial charge is 0.356 e. The van der Waals surface area contributed by atoms with Crippen molar-refractivity contribution in [2.24, 2.45) is 0 Å². The summed E-state index contributed by atoms with van der Waals surface area (Å²) in [5, 5.41) is 4.03. The van der Waals surface area contributed by atoms with Crippen molar-refractivity contribution in [3.63, 3.8) is 0 Å². The molecule has 3 aromatic heterocycles. The number of rotatable bonds is 4. The third-order valence-corrected chi connectivity index (χ3v) is 5.66. The molecule has 1 aliphatic heterocycles. The number of hydrogen-bond donors (Lipinski definition) is 1. The molecule has 1 saturated heterocycles. The van der Waals surface area contributed by atoms with Gasteiger partial charge in [-0.2, -0.15) is 0 Å². The molecule has 5 rings (SSSR count). The molecule has 1 aliphatic rings. The second-order valence-corrected chi connectivity index (χ2v) is 7.75. The van der Waals surface area contributed by atoms with Gasteiger partial charge in [-0.1, -0.05) is 12.1 Å². The lowest BCUT2D eigenvalue weighted by molar-refractivity contribution is 0.0930. The van der Waals surface area contributed by atoms with Gasteiger partial charge in [-0.15, -0.1) is 0 Å². The van der Waals surface area contributed by atoms with Gasteiger partial charge in [0, 0.05) is 37.1 Å². The zero-order valence-corrected chi connectivity index (χ0v) is 17.3. The van der Waals surface area contributed by atoms with Crippen molar-refractivity contribution in [3.05, 3.63) is 78.6 Å². The summed E-state index contributed by atoms with van der Waals surface area (Å²) in [6.07, 6.45) is 6.42. The summed E-state index contributed by atoms with van der Waals surface area (Å²) in [7, 11) is 0. The predicted molar refractivity (Wildman–Crippen MR) is 120 cm³/mol. The number of carbonyl (C=O) groups is 1. The number of nitrogens with zero attached hydrogens (tertiary/aromatic N) is 5. The van der Waals surface area contributed by atoms with Crippen LogP contribution in [0.15, 0.2) is 67.3 Å². The van der Waals surface area contributed by atoms with E-state index in [0.717, 1.165) is 37.1 Å². The Balaban J connectivity index is 1.21. The fraction of sp³-hybridized carbons (Fsp3) is 0.208. The van der Waals surface area contributed by atoms with E-state index in [4.69, 9.17) is 0 Å². The van der Waals surface area contributed by atoms with Crippen molar-refractivity contribution < 1.29 is 9.18 Å². The highest BCUT2D eigenvalue weighted by Crippen LogP contribution is 2.24. The summed E-state index contributed by atoms with van der Waals surface area (Å²) < 4.78 is 13.4. The molecule has 0 spiro atoms. The van der Waals surface area contributed by atoms with E-state index in [1.807, 2.05) is 12.1 Å². The SMILES string of the molecule is O=C(NC1CCN(c2ncnc3ncccc23)CC1)c1ccc(-c2cccc(F)c2)nc1. The van der Waals surface area contributed by atoms with E-state index < -0.39 is 0 Å². The summed E-state index contributed by atoms with van der Waals surface area (Å²) in [5.41, 5.74) is 2.47. The molecule has 1 amide bonds. The van der Waals surface area contributed by atoms with Gasteiger partial charge in [0.05, 0.1) is 16.6 Å². The van der Waals surface area contributed by atoms with E-state index in [9.17, 15) is 9.18 Å². The molecule has 0 aliphatic carbocycles. The zero-order chi connectivity index (χ0) is 21.9. The molecule has 0 bridgehead atoms. The minimum atomic E-state index is -0.316. The number of amides is 1. The number of anilines is 1. The Morgan fingerprint density at radius 2 is 1.88 bits per heavy atom. The van der Waals surface area contributed by atoms with E-state index in [1.54, 1.807) is 36.8 Å². The molecule has 0 atom stereocenters. The van der Waals surface area contributed by atoms with Crippen LogP contribution in [0.1, 0.15) is 23.2 Å². The molecule has 8 heteroatoms. The highest BCUT2D eigenvalue weighted by atomic mass is 19.1. The minimum Gasteiger partial charge on any atom is -0.356 e. The first kappa shape index (κ1) is 20.0. The first-order chi connectivity index (χ1) is 15.7. The van der Waals surface area contributed by atoms with Gasteiger partial charge in [0.25, 0.3) is 5.91 Å². The molecule has 4 aromatic rings. The second-order valence-electron chi connectivity index (χ2n) is 7.75. The fourth-order valence-electron chi connectivity index (χ4n) is 3.99. The van der Waals surface area contributed by atoms with Gasteiger partial charge >= 0.3 is 0 Å².